The molecule has 3 aromatic rings. The first-order chi connectivity index (χ1) is 12.0. The van der Waals surface area contributed by atoms with Gasteiger partial charge < -0.3 is 4.74 Å². The number of benzene rings is 2. The van der Waals surface area contributed by atoms with Gasteiger partial charge in [0.25, 0.3) is 10.0 Å². The second kappa shape index (κ2) is 7.28. The lowest BCUT2D eigenvalue weighted by atomic mass is 10.2. The molecule has 0 aliphatic heterocycles. The number of rotatable bonds is 6. The van der Waals surface area contributed by atoms with Crippen LogP contribution in [0.2, 0.25) is 0 Å². The molecule has 6 nitrogen and oxygen atoms in total. The second-order valence-corrected chi connectivity index (χ2v) is 7.84. The van der Waals surface area contributed by atoms with Crippen molar-refractivity contribution in [1.82, 2.24) is 9.78 Å². The monoisotopic (exact) mass is 421 g/mol. The van der Waals surface area contributed by atoms with Gasteiger partial charge in [0.05, 0.1) is 23.0 Å². The van der Waals surface area contributed by atoms with E-state index in [-0.39, 0.29) is 4.90 Å². The number of aromatic nitrogens is 2. The summed E-state index contributed by atoms with van der Waals surface area (Å²) >= 11 is 3.30. The third-order valence-corrected chi connectivity index (χ3v) is 5.54. The molecular formula is C17H16BrN3O3S. The average molecular weight is 422 g/mol. The minimum absolute atomic E-state index is 0.154. The van der Waals surface area contributed by atoms with Gasteiger partial charge in [-0.1, -0.05) is 12.1 Å². The lowest BCUT2D eigenvalue weighted by molar-refractivity contribution is 0.411. The van der Waals surface area contributed by atoms with Crippen molar-refractivity contribution in [3.05, 3.63) is 71.0 Å². The van der Waals surface area contributed by atoms with Crippen LogP contribution in [0.25, 0.3) is 0 Å². The van der Waals surface area contributed by atoms with Gasteiger partial charge >= 0.3 is 0 Å². The lowest BCUT2D eigenvalue weighted by Gasteiger charge is -2.10. The molecule has 1 N–H and O–H groups in total. The summed E-state index contributed by atoms with van der Waals surface area (Å²) in [6.45, 7) is 0.630. The Labute approximate surface area is 154 Å². The molecule has 8 heteroatoms. The highest BCUT2D eigenvalue weighted by atomic mass is 79.9. The number of halogens is 1. The lowest BCUT2D eigenvalue weighted by Crippen LogP contribution is -2.13. The van der Waals surface area contributed by atoms with Crippen molar-refractivity contribution in [2.45, 2.75) is 11.4 Å². The van der Waals surface area contributed by atoms with Crippen molar-refractivity contribution in [2.24, 2.45) is 0 Å². The highest BCUT2D eigenvalue weighted by molar-refractivity contribution is 9.10. The van der Waals surface area contributed by atoms with Gasteiger partial charge in [-0.15, -0.1) is 0 Å². The van der Waals surface area contributed by atoms with Crippen molar-refractivity contribution in [3.8, 4) is 5.75 Å². The summed E-state index contributed by atoms with van der Waals surface area (Å²) in [7, 11) is -2.15. The van der Waals surface area contributed by atoms with Gasteiger partial charge in [-0.2, -0.15) is 5.10 Å². The number of hydrogen-bond acceptors (Lipinski definition) is 4. The number of anilines is 1. The SMILES string of the molecule is COc1ccc(S(=O)(=O)Nc2ccc(Cn3cccn3)cc2)cc1Br. The Balaban J connectivity index is 1.75. The Bertz CT molecular complexity index is 955. The summed E-state index contributed by atoms with van der Waals surface area (Å²) in [5, 5.41) is 4.15. The molecule has 0 radical (unpaired) electrons. The van der Waals surface area contributed by atoms with Gasteiger partial charge in [0.2, 0.25) is 0 Å². The Morgan fingerprint density at radius 1 is 1.20 bits per heavy atom. The third-order valence-electron chi connectivity index (χ3n) is 3.54. The summed E-state index contributed by atoms with van der Waals surface area (Å²) < 4.78 is 35.1. The van der Waals surface area contributed by atoms with Gasteiger partial charge in [0, 0.05) is 18.1 Å². The van der Waals surface area contributed by atoms with Crippen LogP contribution in [0.4, 0.5) is 5.69 Å². The third kappa shape index (κ3) is 4.21. The van der Waals surface area contributed by atoms with Crippen molar-refractivity contribution in [2.75, 3.05) is 11.8 Å². The van der Waals surface area contributed by atoms with E-state index in [1.165, 1.54) is 19.2 Å². The first kappa shape index (κ1) is 17.5. The molecule has 0 saturated heterocycles. The molecule has 0 aliphatic carbocycles. The molecule has 25 heavy (non-hydrogen) atoms. The molecule has 130 valence electrons. The highest BCUT2D eigenvalue weighted by Crippen LogP contribution is 2.28. The van der Waals surface area contributed by atoms with Gasteiger partial charge in [-0.05, 0) is 57.9 Å². The molecule has 0 atom stereocenters. The Kier molecular flexibility index (Phi) is 5.10. The molecular weight excluding hydrogens is 406 g/mol. The number of methoxy groups -OCH3 is 1. The number of hydrogen-bond donors (Lipinski definition) is 1. The van der Waals surface area contributed by atoms with Crippen molar-refractivity contribution in [3.63, 3.8) is 0 Å². The van der Waals surface area contributed by atoms with Crippen molar-refractivity contribution >= 4 is 31.6 Å². The van der Waals surface area contributed by atoms with Crippen LogP contribution in [0.3, 0.4) is 0 Å². The van der Waals surface area contributed by atoms with E-state index in [0.717, 1.165) is 5.56 Å². The van der Waals surface area contributed by atoms with Crippen LogP contribution in [0.1, 0.15) is 5.56 Å². The Hall–Kier alpha value is -2.32. The zero-order valence-corrected chi connectivity index (χ0v) is 15.8. The minimum Gasteiger partial charge on any atom is -0.496 e. The Morgan fingerprint density at radius 3 is 2.56 bits per heavy atom. The smallest absolute Gasteiger partial charge is 0.261 e. The molecule has 0 bridgehead atoms. The van der Waals surface area contributed by atoms with E-state index < -0.39 is 10.0 Å². The van der Waals surface area contributed by atoms with E-state index in [1.807, 2.05) is 24.4 Å². The maximum absolute atomic E-state index is 12.5. The maximum Gasteiger partial charge on any atom is 0.261 e. The number of ether oxygens (including phenoxy) is 1. The molecule has 0 saturated carbocycles. The minimum atomic E-state index is -3.68. The topological polar surface area (TPSA) is 73.2 Å². The molecule has 0 aliphatic rings. The molecule has 0 spiro atoms. The number of nitrogens with zero attached hydrogens (tertiary/aromatic N) is 2. The summed E-state index contributed by atoms with van der Waals surface area (Å²) in [6, 6.07) is 13.7. The molecule has 1 heterocycles. The molecule has 2 aromatic carbocycles. The normalized spacial score (nSPS) is 11.3. The predicted molar refractivity (Wildman–Crippen MR) is 99.3 cm³/mol. The fraction of sp³-hybridized carbons (Fsp3) is 0.118. The van der Waals surface area contributed by atoms with E-state index in [2.05, 4.69) is 25.8 Å². The fourth-order valence-corrected chi connectivity index (χ4v) is 4.06. The van der Waals surface area contributed by atoms with Crippen molar-refractivity contribution in [1.29, 1.82) is 0 Å². The standard InChI is InChI=1S/C17H16BrN3O3S/c1-24-17-8-7-15(11-16(17)18)25(22,23)20-14-5-3-13(4-6-14)12-21-10-2-9-19-21/h2-11,20H,12H2,1H3. The van der Waals surface area contributed by atoms with Gasteiger partial charge in [-0.3, -0.25) is 9.40 Å². The van der Waals surface area contributed by atoms with Gasteiger partial charge in [0.1, 0.15) is 5.75 Å². The van der Waals surface area contributed by atoms with Crippen LogP contribution in [0.5, 0.6) is 5.75 Å². The summed E-state index contributed by atoms with van der Waals surface area (Å²) in [4.78, 5) is 0.154. The summed E-state index contributed by atoms with van der Waals surface area (Å²) in [5.41, 5.74) is 1.52. The fourth-order valence-electron chi connectivity index (χ4n) is 2.29. The van der Waals surface area contributed by atoms with Crippen molar-refractivity contribution < 1.29 is 13.2 Å². The first-order valence-electron chi connectivity index (χ1n) is 7.41. The van der Waals surface area contributed by atoms with Crippen LogP contribution in [-0.2, 0) is 16.6 Å². The number of sulfonamides is 1. The van der Waals surface area contributed by atoms with Crippen LogP contribution in [0.15, 0.2) is 70.3 Å². The van der Waals surface area contributed by atoms with Crippen LogP contribution in [0, 0.1) is 0 Å². The molecule has 0 unspecified atom stereocenters. The predicted octanol–water partition coefficient (Wildman–Crippen LogP) is 3.50. The van der Waals surface area contributed by atoms with E-state index in [4.69, 9.17) is 4.74 Å². The quantitative estimate of drug-likeness (QED) is 0.660. The zero-order chi connectivity index (χ0) is 17.9. The van der Waals surface area contributed by atoms with Gasteiger partial charge in [-0.25, -0.2) is 8.42 Å². The largest absolute Gasteiger partial charge is 0.496 e. The summed E-state index contributed by atoms with van der Waals surface area (Å²) in [6.07, 6.45) is 3.59. The van der Waals surface area contributed by atoms with Crippen LogP contribution in [-0.4, -0.2) is 25.3 Å². The Morgan fingerprint density at radius 2 is 1.96 bits per heavy atom. The van der Waals surface area contributed by atoms with E-state index in [9.17, 15) is 8.42 Å². The number of nitrogens with one attached hydrogen (secondary N) is 1. The maximum atomic E-state index is 12.5. The van der Waals surface area contributed by atoms with E-state index in [1.54, 1.807) is 29.1 Å². The molecule has 0 fully saturated rings. The van der Waals surface area contributed by atoms with Gasteiger partial charge in [0.15, 0.2) is 0 Å². The second-order valence-electron chi connectivity index (χ2n) is 5.30. The molecule has 1 aromatic heterocycles. The van der Waals surface area contributed by atoms with Crippen LogP contribution < -0.4 is 9.46 Å². The van der Waals surface area contributed by atoms with E-state index in [0.29, 0.717) is 22.5 Å². The van der Waals surface area contributed by atoms with Crippen LogP contribution >= 0.6 is 15.9 Å². The first-order valence-corrected chi connectivity index (χ1v) is 9.68. The average Bonchev–Trinajstić information content (AvgIpc) is 3.09. The highest BCUT2D eigenvalue weighted by Gasteiger charge is 2.16. The molecule has 0 amide bonds. The molecule has 3 rings (SSSR count). The van der Waals surface area contributed by atoms with E-state index >= 15 is 0 Å². The zero-order valence-electron chi connectivity index (χ0n) is 13.4. The summed E-state index contributed by atoms with van der Waals surface area (Å²) in [5.74, 6) is 0.571.